The fourth-order valence-corrected chi connectivity index (χ4v) is 6.63. The molecule has 1 fully saturated rings. The number of hydrogen-bond acceptors (Lipinski definition) is 8. The fourth-order valence-electron chi connectivity index (χ4n) is 6.63. The molecule has 3 aromatic rings. The van der Waals surface area contributed by atoms with Gasteiger partial charge in [-0.05, 0) is 56.5 Å². The number of methoxy groups -OCH3 is 2. The molecule has 0 spiro atoms. The molecule has 44 heavy (non-hydrogen) atoms. The number of likely N-dealkylation sites (tertiary alicyclic amines) is 1. The summed E-state index contributed by atoms with van der Waals surface area (Å²) in [5, 5.41) is 2.98. The van der Waals surface area contributed by atoms with E-state index < -0.39 is 17.9 Å². The molecule has 0 bridgehead atoms. The van der Waals surface area contributed by atoms with Gasteiger partial charge in [-0.15, -0.1) is 0 Å². The summed E-state index contributed by atoms with van der Waals surface area (Å²) in [5.41, 5.74) is 10.6. The first-order valence-electron chi connectivity index (χ1n) is 15.1. The van der Waals surface area contributed by atoms with Gasteiger partial charge >= 0.3 is 11.9 Å². The van der Waals surface area contributed by atoms with Crippen molar-refractivity contribution in [2.45, 2.75) is 37.5 Å². The third kappa shape index (κ3) is 6.21. The van der Waals surface area contributed by atoms with Crippen molar-refractivity contribution < 1.29 is 23.8 Å². The van der Waals surface area contributed by atoms with Gasteiger partial charge in [0, 0.05) is 23.2 Å². The topological polar surface area (TPSA) is 103 Å². The minimum absolute atomic E-state index is 0.0102. The van der Waals surface area contributed by atoms with Gasteiger partial charge in [0.2, 0.25) is 0 Å². The van der Waals surface area contributed by atoms with Crippen LogP contribution in [0.5, 0.6) is 5.75 Å². The summed E-state index contributed by atoms with van der Waals surface area (Å²) in [7, 11) is 2.83. The highest BCUT2D eigenvalue weighted by molar-refractivity contribution is 6.00. The van der Waals surface area contributed by atoms with Crippen LogP contribution in [0.25, 0.3) is 0 Å². The zero-order valence-electron chi connectivity index (χ0n) is 25.7. The highest BCUT2D eigenvalue weighted by Crippen LogP contribution is 2.43. The molecule has 0 radical (unpaired) electrons. The van der Waals surface area contributed by atoms with Crippen molar-refractivity contribution in [1.29, 1.82) is 0 Å². The highest BCUT2D eigenvalue weighted by Gasteiger charge is 2.40. The summed E-state index contributed by atoms with van der Waals surface area (Å²) in [6, 6.07) is 28.8. The molecule has 0 amide bonds. The van der Waals surface area contributed by atoms with Gasteiger partial charge in [-0.2, -0.15) is 0 Å². The van der Waals surface area contributed by atoms with Crippen molar-refractivity contribution in [3.05, 3.63) is 124 Å². The van der Waals surface area contributed by atoms with Gasteiger partial charge in [-0.1, -0.05) is 78.9 Å². The standard InChI is InChI=1S/C36H41N3O5/c1-25-30(31(28-17-10-11-18-29(28)42-2)32(33(37)38-25)34(40)43-3)35(41)44-24-12-21-39-22-19-36(20-23-39,26-13-6-4-7-14-26)27-15-8-5-9-16-27/h4-11,13-18,31,38H,12,19-24,37H2,1-3H3. The van der Waals surface area contributed by atoms with E-state index in [1.807, 2.05) is 18.2 Å². The van der Waals surface area contributed by atoms with Crippen LogP contribution >= 0.6 is 0 Å². The van der Waals surface area contributed by atoms with E-state index in [0.29, 0.717) is 29.0 Å². The van der Waals surface area contributed by atoms with Crippen LogP contribution in [-0.2, 0) is 24.5 Å². The second kappa shape index (κ2) is 13.8. The van der Waals surface area contributed by atoms with Gasteiger partial charge in [0.05, 0.1) is 37.9 Å². The minimum Gasteiger partial charge on any atom is -0.496 e. The summed E-state index contributed by atoms with van der Waals surface area (Å²) in [6.45, 7) is 4.72. The van der Waals surface area contributed by atoms with Gasteiger partial charge in [-0.3, -0.25) is 0 Å². The summed E-state index contributed by atoms with van der Waals surface area (Å²) in [5.74, 6) is -1.28. The number of allylic oxidation sites excluding steroid dienone is 1. The first-order chi connectivity index (χ1) is 21.4. The van der Waals surface area contributed by atoms with Gasteiger partial charge in [0.15, 0.2) is 0 Å². The third-order valence-electron chi connectivity index (χ3n) is 8.88. The predicted octanol–water partition coefficient (Wildman–Crippen LogP) is 5.01. The Hall–Kier alpha value is -4.56. The molecule has 1 unspecified atom stereocenters. The fraction of sp³-hybridized carbons (Fsp3) is 0.333. The Balaban J connectivity index is 1.24. The van der Waals surface area contributed by atoms with Crippen molar-refractivity contribution in [3.63, 3.8) is 0 Å². The van der Waals surface area contributed by atoms with Crippen LogP contribution in [0.3, 0.4) is 0 Å². The van der Waals surface area contributed by atoms with E-state index in [1.54, 1.807) is 20.1 Å². The van der Waals surface area contributed by atoms with Crippen molar-refractivity contribution >= 4 is 11.9 Å². The Bertz CT molecular complexity index is 1480. The Morgan fingerprint density at radius 1 is 0.864 bits per heavy atom. The lowest BCUT2D eigenvalue weighted by atomic mass is 9.68. The summed E-state index contributed by atoms with van der Waals surface area (Å²) >= 11 is 0. The number of rotatable bonds is 10. The van der Waals surface area contributed by atoms with Crippen LogP contribution in [0.2, 0.25) is 0 Å². The molecular weight excluding hydrogens is 554 g/mol. The highest BCUT2D eigenvalue weighted by atomic mass is 16.5. The lowest BCUT2D eigenvalue weighted by Gasteiger charge is -2.43. The smallest absolute Gasteiger partial charge is 0.338 e. The normalized spacial score (nSPS) is 18.4. The molecule has 0 aliphatic carbocycles. The van der Waals surface area contributed by atoms with Crippen LogP contribution < -0.4 is 15.8 Å². The maximum Gasteiger partial charge on any atom is 0.338 e. The van der Waals surface area contributed by atoms with Crippen LogP contribution in [0.4, 0.5) is 0 Å². The van der Waals surface area contributed by atoms with Gasteiger partial charge in [0.1, 0.15) is 11.6 Å². The molecule has 2 heterocycles. The summed E-state index contributed by atoms with van der Waals surface area (Å²) < 4.78 is 16.5. The largest absolute Gasteiger partial charge is 0.496 e. The molecule has 3 N–H and O–H groups in total. The maximum atomic E-state index is 13.6. The number of dihydropyridines is 1. The van der Waals surface area contributed by atoms with Crippen LogP contribution in [0.15, 0.2) is 108 Å². The molecule has 5 rings (SSSR count). The van der Waals surface area contributed by atoms with Crippen molar-refractivity contribution in [1.82, 2.24) is 10.2 Å². The van der Waals surface area contributed by atoms with E-state index in [1.165, 1.54) is 18.2 Å². The van der Waals surface area contributed by atoms with E-state index in [0.717, 1.165) is 32.5 Å². The number of nitrogens with two attached hydrogens (primary N) is 1. The Morgan fingerprint density at radius 2 is 1.45 bits per heavy atom. The summed E-state index contributed by atoms with van der Waals surface area (Å²) in [6.07, 6.45) is 2.72. The number of carbonyl (C=O) groups excluding carboxylic acids is 2. The first-order valence-corrected chi connectivity index (χ1v) is 15.1. The van der Waals surface area contributed by atoms with Crippen molar-refractivity contribution in [2.24, 2.45) is 5.73 Å². The Labute approximate surface area is 259 Å². The van der Waals surface area contributed by atoms with E-state index >= 15 is 0 Å². The van der Waals surface area contributed by atoms with E-state index in [2.05, 4.69) is 70.9 Å². The maximum absolute atomic E-state index is 13.6. The molecule has 2 aliphatic heterocycles. The number of esters is 2. The molecule has 0 saturated carbocycles. The van der Waals surface area contributed by atoms with Crippen LogP contribution in [0, 0.1) is 0 Å². The zero-order chi connectivity index (χ0) is 31.1. The van der Waals surface area contributed by atoms with Crippen molar-refractivity contribution in [2.75, 3.05) is 40.5 Å². The first kappa shape index (κ1) is 30.9. The van der Waals surface area contributed by atoms with E-state index in [-0.39, 0.29) is 23.4 Å². The molecule has 1 saturated heterocycles. The molecule has 0 aromatic heterocycles. The molecule has 230 valence electrons. The second-order valence-electron chi connectivity index (χ2n) is 11.3. The number of nitrogens with zero attached hydrogens (tertiary/aromatic N) is 1. The molecular formula is C36H41N3O5. The molecule has 2 aliphatic rings. The number of benzene rings is 3. The number of para-hydroxylation sites is 1. The SMILES string of the molecule is COC(=O)C1=C(N)NC(C)=C(C(=O)OCCCN2CCC(c3ccccc3)(c3ccccc3)CC2)C1c1ccccc1OC. The number of nitrogens with one attached hydrogen (secondary N) is 1. The van der Waals surface area contributed by atoms with Crippen LogP contribution in [-0.4, -0.2) is 57.3 Å². The van der Waals surface area contributed by atoms with Gasteiger partial charge < -0.3 is 30.2 Å². The van der Waals surface area contributed by atoms with Crippen LogP contribution in [0.1, 0.15) is 48.8 Å². The molecule has 3 aromatic carbocycles. The monoisotopic (exact) mass is 595 g/mol. The predicted molar refractivity (Wildman–Crippen MR) is 170 cm³/mol. The number of piperidine rings is 1. The Morgan fingerprint density at radius 3 is 2.05 bits per heavy atom. The molecule has 1 atom stereocenters. The number of ether oxygens (including phenoxy) is 3. The van der Waals surface area contributed by atoms with Gasteiger partial charge in [-0.25, -0.2) is 9.59 Å². The third-order valence-corrected chi connectivity index (χ3v) is 8.88. The van der Waals surface area contributed by atoms with E-state index in [4.69, 9.17) is 19.9 Å². The lowest BCUT2D eigenvalue weighted by Crippen LogP contribution is -2.43. The minimum atomic E-state index is -0.807. The zero-order valence-corrected chi connectivity index (χ0v) is 25.7. The number of carbonyl (C=O) groups is 2. The van der Waals surface area contributed by atoms with Crippen molar-refractivity contribution in [3.8, 4) is 5.75 Å². The molecule has 8 heteroatoms. The summed E-state index contributed by atoms with van der Waals surface area (Å²) in [4.78, 5) is 28.9. The Kier molecular flexibility index (Phi) is 9.70. The van der Waals surface area contributed by atoms with Gasteiger partial charge in [0.25, 0.3) is 0 Å². The lowest BCUT2D eigenvalue weighted by molar-refractivity contribution is -0.139. The average molecular weight is 596 g/mol. The average Bonchev–Trinajstić information content (AvgIpc) is 3.07. The van der Waals surface area contributed by atoms with E-state index in [9.17, 15) is 9.59 Å². The number of hydrogen-bond donors (Lipinski definition) is 2. The molecule has 8 nitrogen and oxygen atoms in total. The second-order valence-corrected chi connectivity index (χ2v) is 11.3. The quantitative estimate of drug-likeness (QED) is 0.249.